The van der Waals surface area contributed by atoms with E-state index < -0.39 is 17.6 Å². The average molecular weight is 488 g/mol. The first-order valence-corrected chi connectivity index (χ1v) is 11.4. The molecule has 2 aromatic carbocycles. The van der Waals surface area contributed by atoms with E-state index in [9.17, 15) is 18.7 Å². The van der Waals surface area contributed by atoms with Gasteiger partial charge >= 0.3 is 5.97 Å². The Morgan fingerprint density at radius 3 is 2.47 bits per heavy atom. The zero-order chi connectivity index (χ0) is 25.4. The number of halogens is 2. The van der Waals surface area contributed by atoms with Crippen LogP contribution in [-0.2, 0) is 24.1 Å². The molecule has 0 amide bonds. The number of fused-ring (bicyclic) bond motifs is 1. The van der Waals surface area contributed by atoms with Crippen molar-refractivity contribution in [1.82, 2.24) is 14.4 Å². The molecule has 5 rings (SSSR count). The molecule has 8 heteroatoms. The van der Waals surface area contributed by atoms with Crippen LogP contribution >= 0.6 is 0 Å². The number of furan rings is 1. The predicted octanol–water partition coefficient (Wildman–Crippen LogP) is 5.69. The summed E-state index contributed by atoms with van der Waals surface area (Å²) in [4.78, 5) is 21.3. The second-order valence-electron chi connectivity index (χ2n) is 8.75. The van der Waals surface area contributed by atoms with Crippen molar-refractivity contribution in [2.45, 2.75) is 33.1 Å². The standard InChI is InChI=1S/C28H23F2N3O3/c1-16-10-21(36-17(16)2)13-23-26(14-27(34)35)33-15-25(18-6-4-3-5-7-18)31-24(28(33)32-23)12-19-11-20(29)8-9-22(19)30/h3-11,15H,12-14H2,1-2H3,(H,34,35). The molecule has 0 radical (unpaired) electrons. The molecule has 5 aromatic rings. The third-order valence-corrected chi connectivity index (χ3v) is 6.17. The number of benzene rings is 2. The summed E-state index contributed by atoms with van der Waals surface area (Å²) in [6.45, 7) is 3.80. The monoisotopic (exact) mass is 487 g/mol. The van der Waals surface area contributed by atoms with E-state index in [1.165, 1.54) is 0 Å². The highest BCUT2D eigenvalue weighted by atomic mass is 19.1. The highest BCUT2D eigenvalue weighted by molar-refractivity contribution is 5.71. The molecule has 0 saturated heterocycles. The van der Waals surface area contributed by atoms with E-state index in [4.69, 9.17) is 14.4 Å². The van der Waals surface area contributed by atoms with Gasteiger partial charge in [-0.25, -0.2) is 18.7 Å². The zero-order valence-corrected chi connectivity index (χ0v) is 19.8. The van der Waals surface area contributed by atoms with Crippen LogP contribution in [0.25, 0.3) is 16.9 Å². The summed E-state index contributed by atoms with van der Waals surface area (Å²) in [5, 5.41) is 9.67. The minimum Gasteiger partial charge on any atom is -0.481 e. The molecule has 1 N–H and O–H groups in total. The minimum absolute atomic E-state index is 0.0182. The van der Waals surface area contributed by atoms with E-state index in [0.717, 1.165) is 35.1 Å². The van der Waals surface area contributed by atoms with Crippen LogP contribution in [0.4, 0.5) is 8.78 Å². The van der Waals surface area contributed by atoms with E-state index >= 15 is 0 Å². The van der Waals surface area contributed by atoms with Crippen LogP contribution in [0, 0.1) is 25.5 Å². The van der Waals surface area contributed by atoms with Gasteiger partial charge in [0, 0.05) is 18.2 Å². The van der Waals surface area contributed by atoms with Gasteiger partial charge in [0.2, 0.25) is 0 Å². The first-order valence-electron chi connectivity index (χ1n) is 11.4. The maximum atomic E-state index is 14.6. The number of carbonyl (C=O) groups is 1. The van der Waals surface area contributed by atoms with Crippen molar-refractivity contribution in [2.24, 2.45) is 0 Å². The molecule has 0 saturated carbocycles. The Balaban J connectivity index is 1.72. The van der Waals surface area contributed by atoms with Gasteiger partial charge < -0.3 is 9.52 Å². The largest absolute Gasteiger partial charge is 0.481 e. The molecular weight excluding hydrogens is 464 g/mol. The molecule has 0 aliphatic carbocycles. The number of carboxylic acids is 1. The Morgan fingerprint density at radius 1 is 1.00 bits per heavy atom. The third-order valence-electron chi connectivity index (χ3n) is 6.17. The Morgan fingerprint density at radius 2 is 1.78 bits per heavy atom. The van der Waals surface area contributed by atoms with Crippen LogP contribution in [0.15, 0.2) is 65.2 Å². The second-order valence-corrected chi connectivity index (χ2v) is 8.75. The normalized spacial score (nSPS) is 11.3. The van der Waals surface area contributed by atoms with Crippen molar-refractivity contribution in [2.75, 3.05) is 0 Å². The summed E-state index contributed by atoms with van der Waals surface area (Å²) in [5.74, 6) is -0.681. The summed E-state index contributed by atoms with van der Waals surface area (Å²) < 4.78 is 36.0. The molecule has 36 heavy (non-hydrogen) atoms. The molecule has 0 unspecified atom stereocenters. The van der Waals surface area contributed by atoms with Gasteiger partial charge in [0.15, 0.2) is 5.65 Å². The van der Waals surface area contributed by atoms with Gasteiger partial charge in [-0.3, -0.25) is 9.20 Å². The lowest BCUT2D eigenvalue weighted by Gasteiger charge is -2.10. The van der Waals surface area contributed by atoms with Gasteiger partial charge in [-0.1, -0.05) is 30.3 Å². The minimum atomic E-state index is -1.01. The zero-order valence-electron chi connectivity index (χ0n) is 19.8. The molecular formula is C28H23F2N3O3. The van der Waals surface area contributed by atoms with Gasteiger partial charge in [-0.05, 0) is 49.2 Å². The molecule has 182 valence electrons. The average Bonchev–Trinajstić information content (AvgIpc) is 3.35. The molecule has 0 atom stereocenters. The number of hydrogen-bond donors (Lipinski definition) is 1. The fourth-order valence-corrected chi connectivity index (χ4v) is 4.30. The van der Waals surface area contributed by atoms with Crippen LogP contribution in [0.1, 0.15) is 39.7 Å². The number of imidazole rings is 1. The smallest absolute Gasteiger partial charge is 0.309 e. The van der Waals surface area contributed by atoms with Crippen LogP contribution < -0.4 is 0 Å². The summed E-state index contributed by atoms with van der Waals surface area (Å²) in [6, 6.07) is 14.6. The molecule has 0 aliphatic rings. The van der Waals surface area contributed by atoms with Gasteiger partial charge in [0.05, 0.1) is 35.6 Å². The molecule has 0 aliphatic heterocycles. The summed E-state index contributed by atoms with van der Waals surface area (Å²) in [5.41, 5.74) is 4.29. The summed E-state index contributed by atoms with van der Waals surface area (Å²) in [7, 11) is 0. The fraction of sp³-hybridized carbons (Fsp3) is 0.179. The van der Waals surface area contributed by atoms with Crippen LogP contribution in [-0.4, -0.2) is 25.4 Å². The predicted molar refractivity (Wildman–Crippen MR) is 130 cm³/mol. The van der Waals surface area contributed by atoms with Crippen molar-refractivity contribution >= 4 is 11.6 Å². The number of nitrogens with zero attached hydrogens (tertiary/aromatic N) is 3. The first kappa shape index (κ1) is 23.4. The highest BCUT2D eigenvalue weighted by Gasteiger charge is 2.22. The third kappa shape index (κ3) is 4.62. The lowest BCUT2D eigenvalue weighted by atomic mass is 10.1. The Bertz CT molecular complexity index is 1570. The van der Waals surface area contributed by atoms with Crippen molar-refractivity contribution in [3.8, 4) is 11.3 Å². The van der Waals surface area contributed by atoms with Crippen molar-refractivity contribution in [3.63, 3.8) is 0 Å². The number of aryl methyl sites for hydroxylation is 2. The summed E-state index contributed by atoms with van der Waals surface area (Å²) in [6.07, 6.45) is 1.73. The topological polar surface area (TPSA) is 80.6 Å². The number of hydrogen-bond acceptors (Lipinski definition) is 4. The van der Waals surface area contributed by atoms with Gasteiger partial charge in [-0.2, -0.15) is 0 Å². The fourth-order valence-electron chi connectivity index (χ4n) is 4.30. The summed E-state index contributed by atoms with van der Waals surface area (Å²) >= 11 is 0. The van der Waals surface area contributed by atoms with Crippen LogP contribution in [0.2, 0.25) is 0 Å². The molecule has 0 fully saturated rings. The number of rotatable bonds is 7. The number of carboxylic acid groups (broad SMARTS) is 1. The Kier molecular flexibility index (Phi) is 6.10. The lowest BCUT2D eigenvalue weighted by molar-refractivity contribution is -0.136. The van der Waals surface area contributed by atoms with Gasteiger partial charge in [0.1, 0.15) is 23.2 Å². The molecule has 3 aromatic heterocycles. The van der Waals surface area contributed by atoms with E-state index in [0.29, 0.717) is 34.2 Å². The van der Waals surface area contributed by atoms with Gasteiger partial charge in [0.25, 0.3) is 0 Å². The van der Waals surface area contributed by atoms with E-state index in [1.807, 2.05) is 50.2 Å². The molecule has 0 spiro atoms. The maximum Gasteiger partial charge on any atom is 0.309 e. The first-order chi connectivity index (χ1) is 17.3. The SMILES string of the molecule is Cc1cc(Cc2nc3c(Cc4cc(F)ccc4F)nc(-c4ccccc4)cn3c2CC(=O)O)oc1C. The van der Waals surface area contributed by atoms with Crippen molar-refractivity contribution < 1.29 is 23.1 Å². The van der Waals surface area contributed by atoms with Crippen molar-refractivity contribution in [3.05, 3.63) is 112 Å². The van der Waals surface area contributed by atoms with Crippen molar-refractivity contribution in [1.29, 1.82) is 0 Å². The van der Waals surface area contributed by atoms with Gasteiger partial charge in [-0.15, -0.1) is 0 Å². The van der Waals surface area contributed by atoms with Crippen LogP contribution in [0.3, 0.4) is 0 Å². The lowest BCUT2D eigenvalue weighted by Crippen LogP contribution is -2.08. The van der Waals surface area contributed by atoms with E-state index in [-0.39, 0.29) is 24.8 Å². The highest BCUT2D eigenvalue weighted by Crippen LogP contribution is 2.27. The molecule has 0 bridgehead atoms. The Hall–Kier alpha value is -4.33. The van der Waals surface area contributed by atoms with E-state index in [1.54, 1.807) is 10.6 Å². The number of aromatic nitrogens is 3. The number of aliphatic carboxylic acids is 1. The van der Waals surface area contributed by atoms with Crippen LogP contribution in [0.5, 0.6) is 0 Å². The second kappa shape index (κ2) is 9.37. The Labute approximate surface area is 205 Å². The van der Waals surface area contributed by atoms with E-state index in [2.05, 4.69) is 0 Å². The maximum absolute atomic E-state index is 14.6. The quantitative estimate of drug-likeness (QED) is 0.319. The molecule has 6 nitrogen and oxygen atoms in total. The molecule has 3 heterocycles.